The van der Waals surface area contributed by atoms with Crippen LogP contribution in [0.2, 0.25) is 15.1 Å². The lowest BCUT2D eigenvalue weighted by molar-refractivity contribution is 1.47. The largest absolute Gasteiger partial charge is 0.333 e. The molecule has 0 saturated heterocycles. The third kappa shape index (κ3) is 5.07. The average molecular weight is 329 g/mol. The summed E-state index contributed by atoms with van der Waals surface area (Å²) in [7, 11) is 1.50. The van der Waals surface area contributed by atoms with E-state index in [1.54, 1.807) is 0 Å². The van der Waals surface area contributed by atoms with Gasteiger partial charge in [0.1, 0.15) is 0 Å². The van der Waals surface area contributed by atoms with E-state index in [1.165, 1.54) is 7.05 Å². The summed E-state index contributed by atoms with van der Waals surface area (Å²) in [6.45, 7) is 1.96. The van der Waals surface area contributed by atoms with Gasteiger partial charge in [0.15, 0.2) is 0 Å². The number of aryl methyl sites for hydroxylation is 1. The fourth-order valence-corrected chi connectivity index (χ4v) is 2.53. The van der Waals surface area contributed by atoms with E-state index in [2.05, 4.69) is 18.6 Å². The SMILES string of the molecule is C#C.CN.Cc1cc(Cl)c(-c2ccc(Cl)cc2)c(Cl)c1. The molecular formula is C16H16Cl3N. The van der Waals surface area contributed by atoms with Crippen molar-refractivity contribution in [3.63, 3.8) is 0 Å². The number of nitrogens with two attached hydrogens (primary N) is 1. The molecule has 0 aliphatic carbocycles. The molecule has 2 N–H and O–H groups in total. The quantitative estimate of drug-likeness (QED) is 0.692. The Bertz CT molecular complexity index is 537. The lowest BCUT2D eigenvalue weighted by Crippen LogP contribution is -1.83. The summed E-state index contributed by atoms with van der Waals surface area (Å²) >= 11 is 18.2. The van der Waals surface area contributed by atoms with Crippen LogP contribution in [-0.4, -0.2) is 7.05 Å². The molecule has 0 radical (unpaired) electrons. The van der Waals surface area contributed by atoms with Crippen molar-refractivity contribution in [2.24, 2.45) is 5.73 Å². The van der Waals surface area contributed by atoms with E-state index in [1.807, 2.05) is 43.3 Å². The monoisotopic (exact) mass is 327 g/mol. The van der Waals surface area contributed by atoms with Gasteiger partial charge in [0.25, 0.3) is 0 Å². The molecule has 2 rings (SSSR count). The molecule has 2 aromatic rings. The molecule has 0 aliphatic heterocycles. The lowest BCUT2D eigenvalue weighted by atomic mass is 10.0. The second-order valence-corrected chi connectivity index (χ2v) is 4.86. The Morgan fingerprint density at radius 1 is 0.850 bits per heavy atom. The second kappa shape index (κ2) is 9.69. The van der Waals surface area contributed by atoms with E-state index < -0.39 is 0 Å². The highest BCUT2D eigenvalue weighted by molar-refractivity contribution is 6.39. The van der Waals surface area contributed by atoms with Crippen molar-refractivity contribution in [2.45, 2.75) is 6.92 Å². The van der Waals surface area contributed by atoms with Gasteiger partial charge in [0, 0.05) is 10.6 Å². The highest BCUT2D eigenvalue weighted by Gasteiger charge is 2.09. The number of benzene rings is 2. The number of hydrogen-bond donors (Lipinski definition) is 1. The van der Waals surface area contributed by atoms with Gasteiger partial charge < -0.3 is 5.73 Å². The Hall–Kier alpha value is -1.17. The normalized spacial score (nSPS) is 8.80. The third-order valence-electron chi connectivity index (χ3n) is 2.32. The maximum atomic E-state index is 6.19. The van der Waals surface area contributed by atoms with Crippen molar-refractivity contribution in [1.29, 1.82) is 0 Å². The molecule has 0 spiro atoms. The molecule has 106 valence electrons. The Balaban J connectivity index is 0.000000829. The van der Waals surface area contributed by atoms with Crippen molar-refractivity contribution >= 4 is 34.8 Å². The van der Waals surface area contributed by atoms with Crippen molar-refractivity contribution < 1.29 is 0 Å². The van der Waals surface area contributed by atoms with Crippen LogP contribution in [0.3, 0.4) is 0 Å². The lowest BCUT2D eigenvalue weighted by Gasteiger charge is -2.08. The number of rotatable bonds is 1. The first-order chi connectivity index (χ1) is 9.58. The average Bonchev–Trinajstić information content (AvgIpc) is 2.44. The fourth-order valence-electron chi connectivity index (χ4n) is 1.59. The van der Waals surface area contributed by atoms with Gasteiger partial charge in [-0.1, -0.05) is 46.9 Å². The van der Waals surface area contributed by atoms with Crippen LogP contribution in [0.4, 0.5) is 0 Å². The molecular weight excluding hydrogens is 313 g/mol. The minimum absolute atomic E-state index is 0.660. The molecule has 0 atom stereocenters. The summed E-state index contributed by atoms with van der Waals surface area (Å²) in [5.41, 5.74) is 7.37. The van der Waals surface area contributed by atoms with E-state index in [-0.39, 0.29) is 0 Å². The Morgan fingerprint density at radius 3 is 1.65 bits per heavy atom. The van der Waals surface area contributed by atoms with Gasteiger partial charge in [-0.3, -0.25) is 0 Å². The Kier molecular flexibility index (Phi) is 9.12. The molecule has 2 aromatic carbocycles. The molecule has 0 fully saturated rings. The van der Waals surface area contributed by atoms with E-state index in [4.69, 9.17) is 34.8 Å². The van der Waals surface area contributed by atoms with Gasteiger partial charge in [0.05, 0.1) is 10.0 Å². The zero-order valence-corrected chi connectivity index (χ0v) is 13.6. The molecule has 0 aromatic heterocycles. The molecule has 0 unspecified atom stereocenters. The molecule has 0 aliphatic rings. The molecule has 0 amide bonds. The zero-order chi connectivity index (χ0) is 15.7. The van der Waals surface area contributed by atoms with Gasteiger partial charge in [0.2, 0.25) is 0 Å². The van der Waals surface area contributed by atoms with Crippen LogP contribution in [-0.2, 0) is 0 Å². The van der Waals surface area contributed by atoms with Gasteiger partial charge in [-0.05, 0) is 49.4 Å². The fraction of sp³-hybridized carbons (Fsp3) is 0.125. The van der Waals surface area contributed by atoms with Crippen molar-refractivity contribution in [3.8, 4) is 24.0 Å². The van der Waals surface area contributed by atoms with E-state index in [0.29, 0.717) is 15.1 Å². The van der Waals surface area contributed by atoms with E-state index in [9.17, 15) is 0 Å². The van der Waals surface area contributed by atoms with Crippen LogP contribution in [0.25, 0.3) is 11.1 Å². The van der Waals surface area contributed by atoms with Crippen molar-refractivity contribution in [2.75, 3.05) is 7.05 Å². The predicted octanol–water partition coefficient (Wildman–Crippen LogP) is 5.45. The number of halogens is 3. The minimum atomic E-state index is 0.660. The summed E-state index contributed by atoms with van der Waals surface area (Å²) in [5, 5.41) is 2.02. The van der Waals surface area contributed by atoms with Crippen LogP contribution in [0, 0.1) is 19.8 Å². The first kappa shape index (κ1) is 18.8. The third-order valence-corrected chi connectivity index (χ3v) is 3.17. The number of terminal acetylenes is 1. The standard InChI is InChI=1S/C13H9Cl3.C2H2.CH5N/c1-8-6-11(15)13(12(16)7-8)9-2-4-10(14)5-3-9;2*1-2/h2-7H,1H3;1-2H;2H2,1H3. The summed E-state index contributed by atoms with van der Waals surface area (Å²) in [6.07, 6.45) is 8.00. The first-order valence-corrected chi connectivity index (χ1v) is 6.84. The molecule has 0 heterocycles. The van der Waals surface area contributed by atoms with Crippen molar-refractivity contribution in [3.05, 3.63) is 57.0 Å². The maximum Gasteiger partial charge on any atom is 0.0502 e. The topological polar surface area (TPSA) is 26.0 Å². The Labute approximate surface area is 135 Å². The van der Waals surface area contributed by atoms with Gasteiger partial charge in [-0.25, -0.2) is 0 Å². The summed E-state index contributed by atoms with van der Waals surface area (Å²) in [6, 6.07) is 11.3. The number of hydrogen-bond acceptors (Lipinski definition) is 1. The molecule has 0 bridgehead atoms. The highest BCUT2D eigenvalue weighted by atomic mass is 35.5. The zero-order valence-electron chi connectivity index (χ0n) is 11.3. The summed E-state index contributed by atoms with van der Waals surface area (Å²) in [5.74, 6) is 0. The van der Waals surface area contributed by atoms with Crippen LogP contribution >= 0.6 is 34.8 Å². The van der Waals surface area contributed by atoms with E-state index in [0.717, 1.165) is 16.7 Å². The molecule has 4 heteroatoms. The highest BCUT2D eigenvalue weighted by Crippen LogP contribution is 2.36. The van der Waals surface area contributed by atoms with Gasteiger partial charge in [-0.15, -0.1) is 12.8 Å². The first-order valence-electron chi connectivity index (χ1n) is 5.70. The van der Waals surface area contributed by atoms with E-state index >= 15 is 0 Å². The summed E-state index contributed by atoms with van der Waals surface area (Å²) in [4.78, 5) is 0. The smallest absolute Gasteiger partial charge is 0.0502 e. The van der Waals surface area contributed by atoms with Crippen LogP contribution in [0.1, 0.15) is 5.56 Å². The molecule has 1 nitrogen and oxygen atoms in total. The van der Waals surface area contributed by atoms with Crippen LogP contribution < -0.4 is 5.73 Å². The van der Waals surface area contributed by atoms with Gasteiger partial charge >= 0.3 is 0 Å². The van der Waals surface area contributed by atoms with Crippen molar-refractivity contribution in [1.82, 2.24) is 0 Å². The van der Waals surface area contributed by atoms with Crippen LogP contribution in [0.5, 0.6) is 0 Å². The van der Waals surface area contributed by atoms with Crippen LogP contribution in [0.15, 0.2) is 36.4 Å². The maximum absolute atomic E-state index is 6.19. The second-order valence-electron chi connectivity index (χ2n) is 3.61. The minimum Gasteiger partial charge on any atom is -0.333 e. The predicted molar refractivity (Wildman–Crippen MR) is 91.6 cm³/mol. The van der Waals surface area contributed by atoms with Gasteiger partial charge in [-0.2, -0.15) is 0 Å². The summed E-state index contributed by atoms with van der Waals surface area (Å²) < 4.78 is 0. The molecule has 20 heavy (non-hydrogen) atoms. The Morgan fingerprint density at radius 2 is 1.25 bits per heavy atom. The molecule has 0 saturated carbocycles.